The second kappa shape index (κ2) is 10.7. The Balaban J connectivity index is 1.53. The monoisotopic (exact) mass is 494 g/mol. The summed E-state index contributed by atoms with van der Waals surface area (Å²) < 4.78 is 11.1. The number of hydrogen-bond donors (Lipinski definition) is 0. The Morgan fingerprint density at radius 2 is 1.78 bits per heavy atom. The third-order valence-corrected chi connectivity index (χ3v) is 6.30. The zero-order chi connectivity index (χ0) is 25.8. The lowest BCUT2D eigenvalue weighted by molar-refractivity contribution is 0.380. The van der Waals surface area contributed by atoms with Gasteiger partial charge in [0.15, 0.2) is 0 Å². The van der Waals surface area contributed by atoms with Crippen molar-refractivity contribution in [3.8, 4) is 11.5 Å². The fraction of sp³-hybridized carbons (Fsp3) is 0.241. The Morgan fingerprint density at radius 3 is 2.49 bits per heavy atom. The summed E-state index contributed by atoms with van der Waals surface area (Å²) in [5.74, 6) is 1.57. The molecule has 0 spiro atoms. The molecule has 0 aliphatic carbocycles. The van der Waals surface area contributed by atoms with Gasteiger partial charge in [0, 0.05) is 68.3 Å². The number of hydrogen-bond acceptors (Lipinski definition) is 8. The van der Waals surface area contributed by atoms with E-state index in [4.69, 9.17) is 14.5 Å². The smallest absolute Gasteiger partial charge is 0.124 e. The molecule has 1 aliphatic heterocycles. The van der Waals surface area contributed by atoms with Crippen molar-refractivity contribution in [2.24, 2.45) is 5.10 Å². The number of aryl methyl sites for hydroxylation is 1. The first kappa shape index (κ1) is 24.2. The van der Waals surface area contributed by atoms with Crippen molar-refractivity contribution >= 4 is 34.7 Å². The van der Waals surface area contributed by atoms with Gasteiger partial charge < -0.3 is 14.4 Å². The van der Waals surface area contributed by atoms with Crippen molar-refractivity contribution in [3.05, 3.63) is 84.0 Å². The molecule has 1 atom stereocenters. The molecular weight excluding hydrogens is 464 g/mol. The molecule has 188 valence electrons. The third-order valence-electron chi connectivity index (χ3n) is 6.30. The van der Waals surface area contributed by atoms with Gasteiger partial charge in [-0.2, -0.15) is 5.10 Å². The number of methoxy groups -OCH3 is 2. The van der Waals surface area contributed by atoms with Crippen molar-refractivity contribution < 1.29 is 9.47 Å². The van der Waals surface area contributed by atoms with Crippen LogP contribution in [0.4, 0.5) is 11.4 Å². The number of likely N-dealkylation sites (N-methyl/N-ethyl adjacent to an activating group) is 1. The molecule has 0 fully saturated rings. The summed E-state index contributed by atoms with van der Waals surface area (Å²) in [6.45, 7) is 3.46. The highest BCUT2D eigenvalue weighted by atomic mass is 16.5. The van der Waals surface area contributed by atoms with Crippen LogP contribution in [0.25, 0.3) is 17.1 Å². The molecule has 5 rings (SSSR count). The first-order chi connectivity index (χ1) is 18.0. The first-order valence-electron chi connectivity index (χ1n) is 12.1. The van der Waals surface area contributed by atoms with Crippen LogP contribution in [-0.2, 0) is 0 Å². The molecule has 0 radical (unpaired) electrons. The Labute approximate surface area is 216 Å². The standard InChI is InChI=1S/C29H30N6O2/c1-20-9-10-30-22(12-20)6-5-11-35(24-13-25(36-3)16-26(14-24)37-4)23-7-8-27-28(15-23)33-29(18-31-27)21-17-32-34(2)19-21/h5-10,12-18,21H,11,19H2,1-4H3/b6-5-. The number of benzene rings is 2. The Kier molecular flexibility index (Phi) is 6.98. The van der Waals surface area contributed by atoms with Gasteiger partial charge in [0.1, 0.15) is 11.5 Å². The van der Waals surface area contributed by atoms with E-state index in [0.29, 0.717) is 6.54 Å². The van der Waals surface area contributed by atoms with Crippen LogP contribution in [-0.4, -0.2) is 60.5 Å². The van der Waals surface area contributed by atoms with Crippen molar-refractivity contribution in [3.63, 3.8) is 0 Å². The van der Waals surface area contributed by atoms with E-state index in [1.54, 1.807) is 14.2 Å². The minimum absolute atomic E-state index is 0.133. The number of ether oxygens (including phenoxy) is 2. The molecule has 37 heavy (non-hydrogen) atoms. The van der Waals surface area contributed by atoms with Gasteiger partial charge in [-0.05, 0) is 48.9 Å². The molecule has 8 nitrogen and oxygen atoms in total. The van der Waals surface area contributed by atoms with E-state index in [9.17, 15) is 0 Å². The fourth-order valence-corrected chi connectivity index (χ4v) is 4.34. The molecule has 0 bridgehead atoms. The van der Waals surface area contributed by atoms with Crippen LogP contribution in [0.5, 0.6) is 11.5 Å². The number of aromatic nitrogens is 3. The minimum Gasteiger partial charge on any atom is -0.497 e. The van der Waals surface area contributed by atoms with Crippen LogP contribution < -0.4 is 14.4 Å². The number of fused-ring (bicyclic) bond motifs is 1. The second-order valence-corrected chi connectivity index (χ2v) is 9.02. The molecule has 1 unspecified atom stereocenters. The van der Waals surface area contributed by atoms with Crippen molar-refractivity contribution in [1.29, 1.82) is 0 Å². The summed E-state index contributed by atoms with van der Waals surface area (Å²) in [6.07, 6.45) is 9.74. The molecule has 4 aromatic rings. The number of nitrogens with zero attached hydrogens (tertiary/aromatic N) is 6. The lowest BCUT2D eigenvalue weighted by Gasteiger charge is -2.25. The lowest BCUT2D eigenvalue weighted by Crippen LogP contribution is -2.17. The van der Waals surface area contributed by atoms with E-state index in [-0.39, 0.29) is 5.92 Å². The summed E-state index contributed by atoms with van der Waals surface area (Å²) in [6, 6.07) is 16.1. The predicted octanol–water partition coefficient (Wildman–Crippen LogP) is 5.22. The van der Waals surface area contributed by atoms with E-state index in [1.165, 1.54) is 5.56 Å². The van der Waals surface area contributed by atoms with Gasteiger partial charge in [-0.15, -0.1) is 0 Å². The maximum absolute atomic E-state index is 5.55. The normalized spacial score (nSPS) is 15.0. The summed E-state index contributed by atoms with van der Waals surface area (Å²) in [5, 5.41) is 6.27. The molecule has 2 aromatic heterocycles. The van der Waals surface area contributed by atoms with Crippen molar-refractivity contribution in [2.45, 2.75) is 12.8 Å². The van der Waals surface area contributed by atoms with Gasteiger partial charge in [0.2, 0.25) is 0 Å². The van der Waals surface area contributed by atoms with Crippen LogP contribution in [0.1, 0.15) is 22.9 Å². The van der Waals surface area contributed by atoms with E-state index in [2.05, 4.69) is 51.2 Å². The van der Waals surface area contributed by atoms with Crippen LogP contribution >= 0.6 is 0 Å². The number of hydrazone groups is 1. The van der Waals surface area contributed by atoms with Gasteiger partial charge in [0.05, 0.1) is 42.6 Å². The van der Waals surface area contributed by atoms with Gasteiger partial charge in [-0.3, -0.25) is 15.0 Å². The van der Waals surface area contributed by atoms with E-state index >= 15 is 0 Å². The summed E-state index contributed by atoms with van der Waals surface area (Å²) >= 11 is 0. The van der Waals surface area contributed by atoms with Crippen LogP contribution in [0.3, 0.4) is 0 Å². The number of rotatable bonds is 8. The minimum atomic E-state index is 0.133. The largest absolute Gasteiger partial charge is 0.497 e. The SMILES string of the molecule is COc1cc(OC)cc(N(C/C=C\c2cc(C)ccn2)c2ccc3ncc(C4C=NN(C)C4)nc3c2)c1. The van der Waals surface area contributed by atoms with E-state index < -0.39 is 0 Å². The van der Waals surface area contributed by atoms with Gasteiger partial charge in [0.25, 0.3) is 0 Å². The average Bonchev–Trinajstić information content (AvgIpc) is 3.36. The molecule has 0 saturated carbocycles. The fourth-order valence-electron chi connectivity index (χ4n) is 4.34. The number of anilines is 2. The molecule has 0 N–H and O–H groups in total. The zero-order valence-electron chi connectivity index (χ0n) is 21.5. The van der Waals surface area contributed by atoms with Crippen LogP contribution in [0.15, 0.2) is 72.1 Å². The van der Waals surface area contributed by atoms with Gasteiger partial charge in [-0.25, -0.2) is 4.98 Å². The Hall–Kier alpha value is -4.46. The topological polar surface area (TPSA) is 76.0 Å². The van der Waals surface area contributed by atoms with Crippen molar-refractivity contribution in [1.82, 2.24) is 20.0 Å². The van der Waals surface area contributed by atoms with E-state index in [0.717, 1.165) is 51.8 Å². The lowest BCUT2D eigenvalue weighted by atomic mass is 10.1. The molecule has 3 heterocycles. The Morgan fingerprint density at radius 1 is 0.973 bits per heavy atom. The zero-order valence-corrected chi connectivity index (χ0v) is 21.5. The molecule has 8 heteroatoms. The molecule has 0 saturated heterocycles. The molecule has 1 aliphatic rings. The summed E-state index contributed by atoms with van der Waals surface area (Å²) in [7, 11) is 5.27. The highest BCUT2D eigenvalue weighted by molar-refractivity contribution is 5.82. The molecule has 0 amide bonds. The maximum atomic E-state index is 5.55. The number of pyridine rings is 1. The van der Waals surface area contributed by atoms with Crippen LogP contribution in [0, 0.1) is 6.92 Å². The average molecular weight is 495 g/mol. The molecule has 2 aromatic carbocycles. The molecular formula is C29H30N6O2. The van der Waals surface area contributed by atoms with E-state index in [1.807, 2.05) is 67.1 Å². The predicted molar refractivity (Wildman–Crippen MR) is 148 cm³/mol. The summed E-state index contributed by atoms with van der Waals surface area (Å²) in [5.41, 5.74) is 6.60. The highest BCUT2D eigenvalue weighted by Crippen LogP contribution is 2.34. The Bertz CT molecular complexity index is 1450. The second-order valence-electron chi connectivity index (χ2n) is 9.02. The summed E-state index contributed by atoms with van der Waals surface area (Å²) in [4.78, 5) is 16.3. The highest BCUT2D eigenvalue weighted by Gasteiger charge is 2.19. The quantitative estimate of drug-likeness (QED) is 0.333. The van der Waals surface area contributed by atoms with Crippen molar-refractivity contribution in [2.75, 3.05) is 39.3 Å². The maximum Gasteiger partial charge on any atom is 0.124 e. The van der Waals surface area contributed by atoms with Crippen LogP contribution in [0.2, 0.25) is 0 Å². The van der Waals surface area contributed by atoms with Gasteiger partial charge >= 0.3 is 0 Å². The van der Waals surface area contributed by atoms with Gasteiger partial charge in [-0.1, -0.05) is 6.08 Å². The first-order valence-corrected chi connectivity index (χ1v) is 12.1. The third kappa shape index (κ3) is 5.53.